The van der Waals surface area contributed by atoms with E-state index >= 15 is 0 Å². The molecule has 0 unspecified atom stereocenters. The van der Waals surface area contributed by atoms with Gasteiger partial charge in [0.05, 0.1) is 5.56 Å². The molecule has 3 aromatic carbocycles. The Bertz CT molecular complexity index is 1080. The van der Waals surface area contributed by atoms with E-state index in [0.717, 1.165) is 16.7 Å². The minimum Gasteiger partial charge on any atom is -0.489 e. The Balaban J connectivity index is 1.49. The van der Waals surface area contributed by atoms with Gasteiger partial charge in [-0.25, -0.2) is 0 Å². The molecule has 0 saturated heterocycles. The maximum Gasteiger partial charge on any atom is 0.231 e. The van der Waals surface area contributed by atoms with Crippen molar-refractivity contribution in [3.8, 4) is 11.5 Å². The first kappa shape index (κ1) is 18.1. The Morgan fingerprint density at radius 3 is 2.57 bits per heavy atom. The monoisotopic (exact) mass is 388 g/mol. The molecule has 0 bridgehead atoms. The number of benzene rings is 3. The quantitative estimate of drug-likeness (QED) is 0.490. The van der Waals surface area contributed by atoms with E-state index in [0.29, 0.717) is 28.7 Å². The summed E-state index contributed by atoms with van der Waals surface area (Å²) in [6.07, 6.45) is 3.49. The Morgan fingerprint density at radius 2 is 1.82 bits per heavy atom. The molecule has 0 aromatic heterocycles. The predicted octanol–water partition coefficient (Wildman–Crippen LogP) is 6.18. The van der Waals surface area contributed by atoms with Crippen LogP contribution >= 0.6 is 11.6 Å². The summed E-state index contributed by atoms with van der Waals surface area (Å²) < 4.78 is 11.6. The Labute approximate surface area is 168 Å². The highest BCUT2D eigenvalue weighted by molar-refractivity contribution is 6.30. The number of Topliss-reactive ketones (excluding diaryl/α,β-unsaturated/α-hetero) is 1. The third kappa shape index (κ3) is 3.85. The van der Waals surface area contributed by atoms with Crippen LogP contribution in [0.1, 0.15) is 27.0 Å². The molecule has 0 radical (unpaired) electrons. The highest BCUT2D eigenvalue weighted by atomic mass is 35.5. The standard InChI is InChI=1S/C24H17ClO3/c1-2-16-6-8-17(9-7-16)15-27-20-10-11-21-22(14-20)28-23(24(21)26)13-18-4-3-5-19(25)12-18/h2-14H,1,15H2/b23-13+. The molecule has 4 rings (SSSR count). The number of ether oxygens (including phenoxy) is 2. The summed E-state index contributed by atoms with van der Waals surface area (Å²) in [5.74, 6) is 1.26. The van der Waals surface area contributed by atoms with E-state index in [1.54, 1.807) is 42.5 Å². The predicted molar refractivity (Wildman–Crippen MR) is 112 cm³/mol. The largest absolute Gasteiger partial charge is 0.489 e. The molecule has 138 valence electrons. The van der Waals surface area contributed by atoms with Gasteiger partial charge in [-0.05, 0) is 47.0 Å². The van der Waals surface area contributed by atoms with Crippen molar-refractivity contribution in [1.29, 1.82) is 0 Å². The molecule has 28 heavy (non-hydrogen) atoms. The number of carbonyl (C=O) groups excluding carboxylic acids is 1. The lowest BCUT2D eigenvalue weighted by Gasteiger charge is -2.07. The molecule has 0 amide bonds. The normalized spacial score (nSPS) is 13.9. The van der Waals surface area contributed by atoms with E-state index in [9.17, 15) is 4.79 Å². The summed E-state index contributed by atoms with van der Waals surface area (Å²) in [6.45, 7) is 4.17. The molecule has 0 spiro atoms. The Morgan fingerprint density at radius 1 is 1.00 bits per heavy atom. The minimum absolute atomic E-state index is 0.151. The summed E-state index contributed by atoms with van der Waals surface area (Å²) >= 11 is 6.00. The van der Waals surface area contributed by atoms with Crippen LogP contribution in [0.2, 0.25) is 5.02 Å². The molecule has 1 aliphatic rings. The summed E-state index contributed by atoms with van der Waals surface area (Å²) in [5.41, 5.74) is 3.44. The van der Waals surface area contributed by atoms with Crippen LogP contribution in [0.25, 0.3) is 12.2 Å². The number of rotatable bonds is 5. The van der Waals surface area contributed by atoms with Gasteiger partial charge in [0.2, 0.25) is 5.78 Å². The third-order valence-electron chi connectivity index (χ3n) is 4.41. The summed E-state index contributed by atoms with van der Waals surface area (Å²) in [5, 5.41) is 0.606. The number of fused-ring (bicyclic) bond motifs is 1. The van der Waals surface area contributed by atoms with Gasteiger partial charge in [-0.1, -0.05) is 60.7 Å². The van der Waals surface area contributed by atoms with Crippen molar-refractivity contribution in [2.24, 2.45) is 0 Å². The maximum atomic E-state index is 12.6. The van der Waals surface area contributed by atoms with Gasteiger partial charge in [-0.2, -0.15) is 0 Å². The third-order valence-corrected chi connectivity index (χ3v) is 4.64. The van der Waals surface area contributed by atoms with Gasteiger partial charge in [-0.15, -0.1) is 0 Å². The van der Waals surface area contributed by atoms with Crippen LogP contribution in [0.15, 0.2) is 79.1 Å². The highest BCUT2D eigenvalue weighted by Crippen LogP contribution is 2.35. The van der Waals surface area contributed by atoms with Crippen molar-refractivity contribution in [2.75, 3.05) is 0 Å². The summed E-state index contributed by atoms with van der Waals surface area (Å²) in [7, 11) is 0. The lowest BCUT2D eigenvalue weighted by Crippen LogP contribution is -1.98. The van der Waals surface area contributed by atoms with Crippen molar-refractivity contribution < 1.29 is 14.3 Å². The molecule has 1 aliphatic heterocycles. The molecule has 3 nitrogen and oxygen atoms in total. The Hall–Kier alpha value is -3.30. The van der Waals surface area contributed by atoms with Crippen molar-refractivity contribution in [2.45, 2.75) is 6.61 Å². The number of hydrogen-bond donors (Lipinski definition) is 0. The fourth-order valence-electron chi connectivity index (χ4n) is 2.92. The second kappa shape index (κ2) is 7.75. The average Bonchev–Trinajstić information content (AvgIpc) is 3.01. The van der Waals surface area contributed by atoms with Gasteiger partial charge < -0.3 is 9.47 Å². The second-order valence-electron chi connectivity index (χ2n) is 6.39. The van der Waals surface area contributed by atoms with Crippen molar-refractivity contribution >= 4 is 29.5 Å². The number of hydrogen-bond acceptors (Lipinski definition) is 3. The number of allylic oxidation sites excluding steroid dienone is 1. The summed E-state index contributed by atoms with van der Waals surface area (Å²) in [6, 6.07) is 20.5. The Kier molecular flexibility index (Phi) is 5.00. The molecule has 0 saturated carbocycles. The fraction of sp³-hybridized carbons (Fsp3) is 0.0417. The zero-order valence-corrected chi connectivity index (χ0v) is 15.8. The molecule has 3 aromatic rings. The fourth-order valence-corrected chi connectivity index (χ4v) is 3.12. The molecule has 0 atom stereocenters. The topological polar surface area (TPSA) is 35.5 Å². The van der Waals surface area contributed by atoms with Gasteiger partial charge in [0.25, 0.3) is 0 Å². The maximum absolute atomic E-state index is 12.6. The van der Waals surface area contributed by atoms with Crippen molar-refractivity contribution in [3.05, 3.63) is 106 Å². The zero-order valence-electron chi connectivity index (χ0n) is 15.0. The highest BCUT2D eigenvalue weighted by Gasteiger charge is 2.27. The first-order valence-electron chi connectivity index (χ1n) is 8.80. The van der Waals surface area contributed by atoms with Gasteiger partial charge in [0.1, 0.15) is 18.1 Å². The van der Waals surface area contributed by atoms with Crippen LogP contribution in [-0.4, -0.2) is 5.78 Å². The van der Waals surface area contributed by atoms with E-state index in [-0.39, 0.29) is 11.5 Å². The average molecular weight is 389 g/mol. The molecule has 1 heterocycles. The van der Waals surface area contributed by atoms with E-state index in [2.05, 4.69) is 6.58 Å². The van der Waals surface area contributed by atoms with E-state index < -0.39 is 0 Å². The van der Waals surface area contributed by atoms with E-state index in [1.807, 2.05) is 36.4 Å². The van der Waals surface area contributed by atoms with E-state index in [1.165, 1.54) is 0 Å². The van der Waals surface area contributed by atoms with Crippen molar-refractivity contribution in [1.82, 2.24) is 0 Å². The molecule has 0 fully saturated rings. The number of halogens is 1. The van der Waals surface area contributed by atoms with Crippen LogP contribution in [0.3, 0.4) is 0 Å². The summed E-state index contributed by atoms with van der Waals surface area (Å²) in [4.78, 5) is 12.6. The van der Waals surface area contributed by atoms with E-state index in [4.69, 9.17) is 21.1 Å². The van der Waals surface area contributed by atoms with Crippen LogP contribution in [0.4, 0.5) is 0 Å². The lowest BCUT2D eigenvalue weighted by molar-refractivity contribution is 0.101. The molecule has 0 N–H and O–H groups in total. The number of carbonyl (C=O) groups is 1. The molecule has 4 heteroatoms. The molecule has 0 aliphatic carbocycles. The first-order chi connectivity index (χ1) is 13.6. The number of ketones is 1. The zero-order chi connectivity index (χ0) is 19.5. The molecular weight excluding hydrogens is 372 g/mol. The minimum atomic E-state index is -0.151. The first-order valence-corrected chi connectivity index (χ1v) is 9.18. The van der Waals surface area contributed by atoms with Gasteiger partial charge >= 0.3 is 0 Å². The molecular formula is C24H17ClO3. The van der Waals surface area contributed by atoms with Crippen LogP contribution in [0, 0.1) is 0 Å². The van der Waals surface area contributed by atoms with Crippen molar-refractivity contribution in [3.63, 3.8) is 0 Å². The smallest absolute Gasteiger partial charge is 0.231 e. The van der Waals surface area contributed by atoms with Gasteiger partial charge in [0.15, 0.2) is 5.76 Å². The van der Waals surface area contributed by atoms with Gasteiger partial charge in [-0.3, -0.25) is 4.79 Å². The SMILES string of the molecule is C=Cc1ccc(COc2ccc3c(c2)O/C(=C/c2cccc(Cl)c2)C3=O)cc1. The lowest BCUT2D eigenvalue weighted by atomic mass is 10.1. The van der Waals surface area contributed by atoms with Crippen LogP contribution in [0.5, 0.6) is 11.5 Å². The van der Waals surface area contributed by atoms with Crippen LogP contribution in [-0.2, 0) is 6.61 Å². The van der Waals surface area contributed by atoms with Gasteiger partial charge in [0, 0.05) is 11.1 Å². The van der Waals surface area contributed by atoms with Crippen LogP contribution < -0.4 is 9.47 Å². The second-order valence-corrected chi connectivity index (χ2v) is 6.82.